The number of nitrogens with one attached hydrogen (secondary N) is 1. The molecule has 196 valence electrons. The normalized spacial score (nSPS) is 17.1. The first-order chi connectivity index (χ1) is 18.4. The fraction of sp³-hybridized carbons (Fsp3) is 0.276. The predicted molar refractivity (Wildman–Crippen MR) is 145 cm³/mol. The Labute approximate surface area is 230 Å². The summed E-state index contributed by atoms with van der Waals surface area (Å²) in [7, 11) is 1.36. The summed E-state index contributed by atoms with van der Waals surface area (Å²) in [6.07, 6.45) is 4.73. The van der Waals surface area contributed by atoms with Crippen LogP contribution in [0.4, 0.5) is 0 Å². The lowest BCUT2D eigenvalue weighted by atomic mass is 9.97. The van der Waals surface area contributed by atoms with Crippen molar-refractivity contribution in [1.82, 2.24) is 4.98 Å². The Hall–Kier alpha value is -3.55. The molecule has 0 radical (unpaired) electrons. The molecule has 3 aromatic rings. The fourth-order valence-corrected chi connectivity index (χ4v) is 5.03. The van der Waals surface area contributed by atoms with Gasteiger partial charge in [-0.1, -0.05) is 29.3 Å². The third kappa shape index (κ3) is 5.49. The van der Waals surface area contributed by atoms with Crippen LogP contribution in [0.25, 0.3) is 0 Å². The molecule has 0 amide bonds. The van der Waals surface area contributed by atoms with Crippen LogP contribution in [0.2, 0.25) is 10.0 Å². The molecular formula is C29H26Cl2N2O5. The molecule has 0 spiro atoms. The van der Waals surface area contributed by atoms with E-state index < -0.39 is 0 Å². The van der Waals surface area contributed by atoms with E-state index in [0.29, 0.717) is 32.6 Å². The Balaban J connectivity index is 1.28. The number of ether oxygens (including phenoxy) is 3. The van der Waals surface area contributed by atoms with Crippen molar-refractivity contribution in [3.8, 4) is 11.6 Å². The molecule has 2 aliphatic rings. The first kappa shape index (κ1) is 26.1. The maximum atomic E-state index is 11.8. The molecule has 2 N–H and O–H groups in total. The SMILES string of the molecule is COC(=O)c1ccc2c(c1)CCC(c1ccc(OC/C(C(=N)c3c(Cl)cccc3Cl)=C(/O)C3CC3)nc1)O2. The van der Waals surface area contributed by atoms with Gasteiger partial charge in [-0.25, -0.2) is 9.78 Å². The summed E-state index contributed by atoms with van der Waals surface area (Å²) in [5.74, 6) is 0.860. The molecular weight excluding hydrogens is 527 g/mol. The van der Waals surface area contributed by atoms with Crippen LogP contribution in [0.15, 0.2) is 66.1 Å². The van der Waals surface area contributed by atoms with Crippen molar-refractivity contribution < 1.29 is 24.1 Å². The van der Waals surface area contributed by atoms with Gasteiger partial charge in [-0.2, -0.15) is 0 Å². The molecule has 1 atom stereocenters. The number of pyridine rings is 1. The molecule has 1 saturated carbocycles. The number of nitrogens with zero attached hydrogens (tertiary/aromatic N) is 1. The molecule has 1 aromatic heterocycles. The highest BCUT2D eigenvalue weighted by molar-refractivity contribution is 6.41. The lowest BCUT2D eigenvalue weighted by Crippen LogP contribution is -2.17. The Kier molecular flexibility index (Phi) is 7.58. The molecule has 1 aliphatic carbocycles. The number of carbonyl (C=O) groups is 1. The second-order valence-corrected chi connectivity index (χ2v) is 10.1. The Morgan fingerprint density at radius 2 is 1.89 bits per heavy atom. The summed E-state index contributed by atoms with van der Waals surface area (Å²) in [5, 5.41) is 20.2. The van der Waals surface area contributed by atoms with E-state index in [9.17, 15) is 9.90 Å². The van der Waals surface area contributed by atoms with Crippen molar-refractivity contribution in [2.24, 2.45) is 5.92 Å². The number of esters is 1. The highest BCUT2D eigenvalue weighted by Crippen LogP contribution is 2.39. The summed E-state index contributed by atoms with van der Waals surface area (Å²) in [6, 6.07) is 14.0. The van der Waals surface area contributed by atoms with E-state index in [1.165, 1.54) is 7.11 Å². The highest BCUT2D eigenvalue weighted by Gasteiger charge is 2.31. The summed E-state index contributed by atoms with van der Waals surface area (Å²) < 4.78 is 16.9. The number of carbonyl (C=O) groups excluding carboxylic acids is 1. The first-order valence-electron chi connectivity index (χ1n) is 12.3. The number of hydrogen-bond donors (Lipinski definition) is 2. The number of fused-ring (bicyclic) bond motifs is 1. The number of aliphatic hydroxyl groups excluding tert-OH is 1. The lowest BCUT2D eigenvalue weighted by molar-refractivity contribution is 0.0600. The number of aryl methyl sites for hydroxylation is 1. The maximum absolute atomic E-state index is 11.8. The highest BCUT2D eigenvalue weighted by atomic mass is 35.5. The number of methoxy groups -OCH3 is 1. The fourth-order valence-electron chi connectivity index (χ4n) is 4.45. The zero-order chi connectivity index (χ0) is 26.8. The second-order valence-electron chi connectivity index (χ2n) is 9.29. The maximum Gasteiger partial charge on any atom is 0.337 e. The zero-order valence-corrected chi connectivity index (χ0v) is 22.2. The number of benzene rings is 2. The van der Waals surface area contributed by atoms with E-state index in [2.05, 4.69) is 4.98 Å². The number of halogens is 2. The number of allylic oxidation sites excluding steroid dienone is 1. The topological polar surface area (TPSA) is 102 Å². The molecule has 1 unspecified atom stereocenters. The van der Waals surface area contributed by atoms with Gasteiger partial charge in [0.1, 0.15) is 24.2 Å². The predicted octanol–water partition coefficient (Wildman–Crippen LogP) is 6.91. The second kappa shape index (κ2) is 11.1. The zero-order valence-electron chi connectivity index (χ0n) is 20.7. The van der Waals surface area contributed by atoms with Gasteiger partial charge in [0.05, 0.1) is 34.0 Å². The van der Waals surface area contributed by atoms with Gasteiger partial charge in [-0.15, -0.1) is 0 Å². The standard InChI is InChI=1S/C29H26Cl2N2O5/c1-36-29(35)18-8-11-23-17(13-18)7-10-24(38-23)19-9-12-25(33-14-19)37-15-20(28(34)16-5-6-16)27(32)26-21(30)3-2-4-22(26)31/h2-4,8-9,11-14,16,24,32,34H,5-7,10,15H2,1H3/b28-20-,32-27?. The number of aromatic nitrogens is 1. The van der Waals surface area contributed by atoms with Gasteiger partial charge in [-0.3, -0.25) is 5.41 Å². The minimum atomic E-state index is -0.372. The molecule has 2 aromatic carbocycles. The van der Waals surface area contributed by atoms with E-state index in [4.69, 9.17) is 42.8 Å². The molecule has 0 saturated heterocycles. The van der Waals surface area contributed by atoms with Crippen LogP contribution < -0.4 is 9.47 Å². The van der Waals surface area contributed by atoms with Gasteiger partial charge in [0.2, 0.25) is 5.88 Å². The van der Waals surface area contributed by atoms with Crippen molar-refractivity contribution in [3.05, 3.63) is 98.4 Å². The van der Waals surface area contributed by atoms with Crippen molar-refractivity contribution in [2.75, 3.05) is 13.7 Å². The lowest BCUT2D eigenvalue weighted by Gasteiger charge is -2.26. The van der Waals surface area contributed by atoms with Crippen LogP contribution in [0.1, 0.15) is 52.4 Å². The van der Waals surface area contributed by atoms with Gasteiger partial charge < -0.3 is 19.3 Å². The third-order valence-corrected chi connectivity index (χ3v) is 7.34. The molecule has 0 bridgehead atoms. The largest absolute Gasteiger partial charge is 0.512 e. The van der Waals surface area contributed by atoms with E-state index >= 15 is 0 Å². The van der Waals surface area contributed by atoms with E-state index in [0.717, 1.165) is 42.6 Å². The average molecular weight is 553 g/mol. The van der Waals surface area contributed by atoms with Crippen LogP contribution >= 0.6 is 23.2 Å². The summed E-state index contributed by atoms with van der Waals surface area (Å²) in [6.45, 7) is -0.0507. The quantitative estimate of drug-likeness (QED) is 0.179. The first-order valence-corrected chi connectivity index (χ1v) is 13.0. The monoisotopic (exact) mass is 552 g/mol. The summed E-state index contributed by atoms with van der Waals surface area (Å²) in [4.78, 5) is 16.2. The van der Waals surface area contributed by atoms with Gasteiger partial charge in [0.15, 0.2) is 0 Å². The van der Waals surface area contributed by atoms with Crippen molar-refractivity contribution in [1.29, 1.82) is 5.41 Å². The average Bonchev–Trinajstić information content (AvgIpc) is 3.78. The molecule has 7 nitrogen and oxygen atoms in total. The molecule has 1 fully saturated rings. The number of rotatable bonds is 8. The van der Waals surface area contributed by atoms with Crippen molar-refractivity contribution >= 4 is 34.9 Å². The van der Waals surface area contributed by atoms with Crippen LogP contribution in [0.3, 0.4) is 0 Å². The third-order valence-electron chi connectivity index (χ3n) is 6.71. The Morgan fingerprint density at radius 3 is 2.55 bits per heavy atom. The molecule has 9 heteroatoms. The Morgan fingerprint density at radius 1 is 1.13 bits per heavy atom. The van der Waals surface area contributed by atoms with Gasteiger partial charge in [0.25, 0.3) is 0 Å². The van der Waals surface area contributed by atoms with Gasteiger partial charge >= 0.3 is 5.97 Å². The minimum absolute atomic E-state index is 0.0144. The van der Waals surface area contributed by atoms with Gasteiger partial charge in [0, 0.05) is 29.3 Å². The number of aliphatic hydroxyl groups is 1. The van der Waals surface area contributed by atoms with Crippen LogP contribution in [0.5, 0.6) is 11.6 Å². The van der Waals surface area contributed by atoms with Crippen LogP contribution in [-0.4, -0.2) is 35.5 Å². The summed E-state index contributed by atoms with van der Waals surface area (Å²) in [5.41, 5.74) is 3.10. The minimum Gasteiger partial charge on any atom is -0.512 e. The van der Waals surface area contributed by atoms with E-state index in [1.54, 1.807) is 42.6 Å². The van der Waals surface area contributed by atoms with Crippen LogP contribution in [0, 0.1) is 11.3 Å². The van der Waals surface area contributed by atoms with Gasteiger partial charge in [-0.05, 0) is 67.6 Å². The molecule has 5 rings (SSSR count). The van der Waals surface area contributed by atoms with Crippen molar-refractivity contribution in [3.63, 3.8) is 0 Å². The van der Waals surface area contributed by atoms with E-state index in [-0.39, 0.29) is 36.1 Å². The Bertz CT molecular complexity index is 1400. The molecule has 2 heterocycles. The number of hydrogen-bond acceptors (Lipinski definition) is 7. The molecule has 1 aliphatic heterocycles. The van der Waals surface area contributed by atoms with E-state index in [1.807, 2.05) is 12.1 Å². The van der Waals surface area contributed by atoms with Crippen molar-refractivity contribution in [2.45, 2.75) is 31.8 Å². The van der Waals surface area contributed by atoms with Crippen LogP contribution in [-0.2, 0) is 11.2 Å². The summed E-state index contributed by atoms with van der Waals surface area (Å²) >= 11 is 12.6. The molecule has 38 heavy (non-hydrogen) atoms. The smallest absolute Gasteiger partial charge is 0.337 e.